The van der Waals surface area contributed by atoms with Gasteiger partial charge >= 0.3 is 0 Å². The minimum Gasteiger partial charge on any atom is -0.397 e. The van der Waals surface area contributed by atoms with E-state index >= 15 is 0 Å². The summed E-state index contributed by atoms with van der Waals surface area (Å²) in [6, 6.07) is 10.1. The Morgan fingerprint density at radius 3 is 3.05 bits per heavy atom. The highest BCUT2D eigenvalue weighted by atomic mass is 32.1. The molecular weight excluding hydrogens is 254 g/mol. The Kier molecular flexibility index (Phi) is 3.14. The van der Waals surface area contributed by atoms with Crippen LogP contribution in [0.3, 0.4) is 0 Å². The van der Waals surface area contributed by atoms with Gasteiger partial charge < -0.3 is 11.1 Å². The van der Waals surface area contributed by atoms with E-state index in [-0.39, 0.29) is 0 Å². The highest BCUT2D eigenvalue weighted by Gasteiger charge is 2.21. The number of thiophene rings is 1. The lowest BCUT2D eigenvalue weighted by molar-refractivity contribution is 0.609. The molecule has 0 saturated carbocycles. The third-order valence-electron chi connectivity index (χ3n) is 3.56. The Hall–Kier alpha value is -1.99. The Morgan fingerprint density at radius 2 is 2.26 bits per heavy atom. The Labute approximate surface area is 116 Å². The van der Waals surface area contributed by atoms with Crippen LogP contribution in [-0.4, -0.2) is 0 Å². The predicted octanol–water partition coefficient (Wildman–Crippen LogP) is 3.69. The Morgan fingerprint density at radius 1 is 1.37 bits per heavy atom. The highest BCUT2D eigenvalue weighted by Crippen LogP contribution is 2.36. The number of anilines is 2. The summed E-state index contributed by atoms with van der Waals surface area (Å²) in [7, 11) is 0. The van der Waals surface area contributed by atoms with E-state index in [1.165, 1.54) is 23.3 Å². The molecule has 0 bridgehead atoms. The number of nitrogens with two attached hydrogens (primary N) is 1. The molecule has 2 aromatic rings. The van der Waals surface area contributed by atoms with Gasteiger partial charge in [0.05, 0.1) is 29.0 Å². The van der Waals surface area contributed by atoms with Crippen molar-refractivity contribution in [2.24, 2.45) is 0 Å². The standard InChI is InChI=1S/C15H15N3S/c16-9-10-4-5-14(12(17)8-10)18-13-2-1-3-15-11(13)6-7-19-15/h4-8,13,18H,1-3,17H2. The number of rotatable bonds is 2. The molecule has 1 aliphatic carbocycles. The fourth-order valence-electron chi connectivity index (χ4n) is 2.59. The summed E-state index contributed by atoms with van der Waals surface area (Å²) in [6.07, 6.45) is 3.53. The van der Waals surface area contributed by atoms with E-state index in [1.54, 1.807) is 12.1 Å². The van der Waals surface area contributed by atoms with Gasteiger partial charge in [0, 0.05) is 4.88 Å². The second-order valence-electron chi connectivity index (χ2n) is 4.80. The Bertz CT molecular complexity index is 639. The van der Waals surface area contributed by atoms with Crippen molar-refractivity contribution in [3.63, 3.8) is 0 Å². The van der Waals surface area contributed by atoms with Crippen LogP contribution in [0.2, 0.25) is 0 Å². The van der Waals surface area contributed by atoms with E-state index in [9.17, 15) is 0 Å². The molecule has 0 fully saturated rings. The quantitative estimate of drug-likeness (QED) is 0.817. The highest BCUT2D eigenvalue weighted by molar-refractivity contribution is 7.10. The average Bonchev–Trinajstić information content (AvgIpc) is 2.90. The number of nitrogens with zero attached hydrogens (tertiary/aromatic N) is 1. The molecule has 0 spiro atoms. The lowest BCUT2D eigenvalue weighted by atomic mass is 9.93. The summed E-state index contributed by atoms with van der Waals surface area (Å²) < 4.78 is 0. The minimum absolute atomic E-state index is 0.338. The lowest BCUT2D eigenvalue weighted by Crippen LogP contribution is -2.16. The van der Waals surface area contributed by atoms with Crippen molar-refractivity contribution in [2.45, 2.75) is 25.3 Å². The van der Waals surface area contributed by atoms with E-state index in [4.69, 9.17) is 11.0 Å². The van der Waals surface area contributed by atoms with E-state index < -0.39 is 0 Å². The molecule has 1 unspecified atom stereocenters. The number of nitrogen functional groups attached to an aromatic ring is 1. The smallest absolute Gasteiger partial charge is 0.0992 e. The maximum Gasteiger partial charge on any atom is 0.0992 e. The molecule has 0 amide bonds. The molecule has 3 nitrogen and oxygen atoms in total. The number of aryl methyl sites for hydroxylation is 1. The molecule has 3 N–H and O–H groups in total. The SMILES string of the molecule is N#Cc1ccc(NC2CCCc3sccc32)c(N)c1. The van der Waals surface area contributed by atoms with Crippen molar-refractivity contribution in [3.8, 4) is 6.07 Å². The van der Waals surface area contributed by atoms with Gasteiger partial charge in [-0.2, -0.15) is 5.26 Å². The summed E-state index contributed by atoms with van der Waals surface area (Å²) in [5, 5.41) is 14.5. The van der Waals surface area contributed by atoms with Crippen molar-refractivity contribution >= 4 is 22.7 Å². The van der Waals surface area contributed by atoms with Gasteiger partial charge in [-0.25, -0.2) is 0 Å². The van der Waals surface area contributed by atoms with Gasteiger partial charge in [-0.3, -0.25) is 0 Å². The van der Waals surface area contributed by atoms with Crippen LogP contribution in [0.1, 0.15) is 34.9 Å². The first kappa shape index (κ1) is 12.1. The normalized spacial score (nSPS) is 17.5. The van der Waals surface area contributed by atoms with Crippen LogP contribution in [0.4, 0.5) is 11.4 Å². The van der Waals surface area contributed by atoms with Crippen LogP contribution in [0.15, 0.2) is 29.6 Å². The predicted molar refractivity (Wildman–Crippen MR) is 79.2 cm³/mol. The second kappa shape index (κ2) is 4.94. The number of hydrogen-bond donors (Lipinski definition) is 2. The zero-order chi connectivity index (χ0) is 13.2. The molecule has 1 heterocycles. The third-order valence-corrected chi connectivity index (χ3v) is 4.56. The molecule has 4 heteroatoms. The second-order valence-corrected chi connectivity index (χ2v) is 5.80. The molecule has 96 valence electrons. The molecule has 3 rings (SSSR count). The third kappa shape index (κ3) is 2.29. The summed E-state index contributed by atoms with van der Waals surface area (Å²) in [5.74, 6) is 0. The van der Waals surface area contributed by atoms with Gasteiger partial charge in [0.25, 0.3) is 0 Å². The summed E-state index contributed by atoms with van der Waals surface area (Å²) in [4.78, 5) is 1.48. The molecular formula is C15H15N3S. The van der Waals surface area contributed by atoms with Gasteiger partial charge in [-0.15, -0.1) is 11.3 Å². The average molecular weight is 269 g/mol. The van der Waals surface area contributed by atoms with E-state index in [0.717, 1.165) is 12.1 Å². The van der Waals surface area contributed by atoms with Gasteiger partial charge in [-0.1, -0.05) is 0 Å². The first-order valence-electron chi connectivity index (χ1n) is 6.40. The van der Waals surface area contributed by atoms with Crippen molar-refractivity contribution in [1.82, 2.24) is 0 Å². The van der Waals surface area contributed by atoms with Gasteiger partial charge in [0.15, 0.2) is 0 Å². The topological polar surface area (TPSA) is 61.8 Å². The van der Waals surface area contributed by atoms with Crippen molar-refractivity contribution < 1.29 is 0 Å². The Balaban J connectivity index is 1.86. The molecule has 1 aromatic carbocycles. The van der Waals surface area contributed by atoms with E-state index in [1.807, 2.05) is 17.4 Å². The molecule has 1 aromatic heterocycles. The van der Waals surface area contributed by atoms with Crippen LogP contribution in [0.25, 0.3) is 0 Å². The number of benzene rings is 1. The summed E-state index contributed by atoms with van der Waals surface area (Å²) in [5.41, 5.74) is 9.56. The van der Waals surface area contributed by atoms with Gasteiger partial charge in [-0.05, 0) is 54.5 Å². The van der Waals surface area contributed by atoms with E-state index in [2.05, 4.69) is 22.8 Å². The maximum absolute atomic E-state index is 8.85. The minimum atomic E-state index is 0.338. The maximum atomic E-state index is 8.85. The van der Waals surface area contributed by atoms with Gasteiger partial charge in [0.1, 0.15) is 0 Å². The van der Waals surface area contributed by atoms with Crippen molar-refractivity contribution in [3.05, 3.63) is 45.6 Å². The molecule has 0 saturated heterocycles. The van der Waals surface area contributed by atoms with Crippen LogP contribution >= 0.6 is 11.3 Å². The first-order valence-corrected chi connectivity index (χ1v) is 7.28. The lowest BCUT2D eigenvalue weighted by Gasteiger charge is -2.25. The fraction of sp³-hybridized carbons (Fsp3) is 0.267. The van der Waals surface area contributed by atoms with Crippen LogP contribution in [0, 0.1) is 11.3 Å². The zero-order valence-electron chi connectivity index (χ0n) is 10.5. The molecule has 1 aliphatic rings. The van der Waals surface area contributed by atoms with Gasteiger partial charge in [0.2, 0.25) is 0 Å². The fourth-order valence-corrected chi connectivity index (χ4v) is 3.58. The zero-order valence-corrected chi connectivity index (χ0v) is 11.3. The van der Waals surface area contributed by atoms with E-state index in [0.29, 0.717) is 17.3 Å². The van der Waals surface area contributed by atoms with Crippen LogP contribution < -0.4 is 11.1 Å². The number of hydrogen-bond acceptors (Lipinski definition) is 4. The molecule has 19 heavy (non-hydrogen) atoms. The van der Waals surface area contributed by atoms with Crippen molar-refractivity contribution in [2.75, 3.05) is 11.1 Å². The first-order chi connectivity index (χ1) is 9.28. The monoisotopic (exact) mass is 269 g/mol. The largest absolute Gasteiger partial charge is 0.397 e. The molecule has 0 radical (unpaired) electrons. The number of nitrogens with one attached hydrogen (secondary N) is 1. The number of fused-ring (bicyclic) bond motifs is 1. The van der Waals surface area contributed by atoms with Crippen LogP contribution in [-0.2, 0) is 6.42 Å². The summed E-state index contributed by atoms with van der Waals surface area (Å²) >= 11 is 1.84. The molecule has 0 aliphatic heterocycles. The van der Waals surface area contributed by atoms with Crippen molar-refractivity contribution in [1.29, 1.82) is 5.26 Å². The summed E-state index contributed by atoms with van der Waals surface area (Å²) in [6.45, 7) is 0. The van der Waals surface area contributed by atoms with Crippen LogP contribution in [0.5, 0.6) is 0 Å². The number of nitriles is 1. The molecule has 1 atom stereocenters.